The molecule has 0 aliphatic carbocycles. The Balaban J connectivity index is 1.35. The molecule has 0 saturated heterocycles. The Hall–Kier alpha value is -4.66. The molecule has 0 spiro atoms. The van der Waals surface area contributed by atoms with Crippen molar-refractivity contribution >= 4 is 34.7 Å². The molecule has 180 valence electrons. The van der Waals surface area contributed by atoms with Crippen LogP contribution in [0.4, 0.5) is 0 Å². The zero-order valence-corrected chi connectivity index (χ0v) is 20.8. The first-order chi connectivity index (χ1) is 18.1. The number of hydrogen-bond donors (Lipinski definition) is 2. The van der Waals surface area contributed by atoms with Gasteiger partial charge < -0.3 is 10.4 Å². The van der Waals surface area contributed by atoms with Gasteiger partial charge in [0.15, 0.2) is 0 Å². The van der Waals surface area contributed by atoms with Gasteiger partial charge in [-0.1, -0.05) is 91.0 Å². The van der Waals surface area contributed by atoms with Gasteiger partial charge >= 0.3 is 5.97 Å². The van der Waals surface area contributed by atoms with Crippen LogP contribution in [0.25, 0.3) is 27.8 Å². The van der Waals surface area contributed by atoms with Crippen LogP contribution in [0.15, 0.2) is 115 Å². The highest BCUT2D eigenvalue weighted by atomic mass is 32.1. The van der Waals surface area contributed by atoms with E-state index in [1.807, 2.05) is 12.1 Å². The SMILES string of the molecule is N#C/C(=C/[C@H]1CC=C(c2ccc(-c3ccc(C=C(c4ccccc4)c4ccccc4)cc3)s2)N1)C(=O)O. The molecule has 1 aromatic heterocycles. The number of benzene rings is 3. The van der Waals surface area contributed by atoms with Gasteiger partial charge in [-0.2, -0.15) is 5.26 Å². The summed E-state index contributed by atoms with van der Waals surface area (Å²) >= 11 is 1.68. The van der Waals surface area contributed by atoms with E-state index in [1.165, 1.54) is 22.8 Å². The predicted molar refractivity (Wildman–Crippen MR) is 150 cm³/mol. The van der Waals surface area contributed by atoms with Gasteiger partial charge in [-0.15, -0.1) is 11.3 Å². The van der Waals surface area contributed by atoms with E-state index in [0.717, 1.165) is 26.6 Å². The average molecular weight is 501 g/mol. The number of carboxylic acids is 1. The van der Waals surface area contributed by atoms with Crippen molar-refractivity contribution in [3.05, 3.63) is 136 Å². The number of nitriles is 1. The first-order valence-electron chi connectivity index (χ1n) is 12.0. The highest BCUT2D eigenvalue weighted by Crippen LogP contribution is 2.34. The fraction of sp³-hybridized carbons (Fsp3) is 0.0625. The van der Waals surface area contributed by atoms with Crippen molar-refractivity contribution in [2.75, 3.05) is 0 Å². The third-order valence-electron chi connectivity index (χ3n) is 6.18. The number of nitrogens with one attached hydrogen (secondary N) is 1. The van der Waals surface area contributed by atoms with E-state index in [1.54, 1.807) is 17.4 Å². The van der Waals surface area contributed by atoms with E-state index in [2.05, 4.69) is 102 Å². The van der Waals surface area contributed by atoms with Gasteiger partial charge in [0.1, 0.15) is 11.6 Å². The monoisotopic (exact) mass is 500 g/mol. The summed E-state index contributed by atoms with van der Waals surface area (Å²) in [5, 5.41) is 21.4. The van der Waals surface area contributed by atoms with Gasteiger partial charge in [0.2, 0.25) is 0 Å². The number of nitrogens with zero attached hydrogens (tertiary/aromatic N) is 1. The molecule has 1 atom stereocenters. The minimum Gasteiger partial charge on any atom is -0.477 e. The van der Waals surface area contributed by atoms with E-state index in [0.29, 0.717) is 6.42 Å². The molecule has 0 fully saturated rings. The summed E-state index contributed by atoms with van der Waals surface area (Å²) < 4.78 is 0. The predicted octanol–water partition coefficient (Wildman–Crippen LogP) is 7.24. The van der Waals surface area contributed by atoms with Crippen molar-refractivity contribution in [3.8, 4) is 16.5 Å². The number of aliphatic carboxylic acids is 1. The first kappa shape index (κ1) is 24.1. The molecule has 4 nitrogen and oxygen atoms in total. The quantitative estimate of drug-likeness (QED) is 0.159. The zero-order chi connectivity index (χ0) is 25.6. The fourth-order valence-corrected chi connectivity index (χ4v) is 5.33. The average Bonchev–Trinajstić information content (AvgIpc) is 3.62. The van der Waals surface area contributed by atoms with Crippen molar-refractivity contribution in [2.24, 2.45) is 0 Å². The van der Waals surface area contributed by atoms with E-state index >= 15 is 0 Å². The molecule has 2 N–H and O–H groups in total. The minimum atomic E-state index is -1.20. The topological polar surface area (TPSA) is 73.1 Å². The summed E-state index contributed by atoms with van der Waals surface area (Å²) in [4.78, 5) is 13.4. The summed E-state index contributed by atoms with van der Waals surface area (Å²) in [6.45, 7) is 0. The van der Waals surface area contributed by atoms with Gasteiger partial charge in [0, 0.05) is 16.6 Å². The number of carboxylic acid groups (broad SMARTS) is 1. The second-order valence-electron chi connectivity index (χ2n) is 8.68. The third kappa shape index (κ3) is 5.61. The second-order valence-corrected chi connectivity index (χ2v) is 9.76. The Labute approximate surface area is 220 Å². The van der Waals surface area contributed by atoms with Crippen LogP contribution in [0.5, 0.6) is 0 Å². The lowest BCUT2D eigenvalue weighted by Gasteiger charge is -2.09. The van der Waals surface area contributed by atoms with Crippen LogP contribution < -0.4 is 5.32 Å². The Morgan fingerprint density at radius 2 is 1.51 bits per heavy atom. The molecule has 1 aliphatic heterocycles. The molecular formula is C32H24N2O2S. The minimum absolute atomic E-state index is 0.194. The molecule has 37 heavy (non-hydrogen) atoms. The smallest absolute Gasteiger partial charge is 0.346 e. The highest BCUT2D eigenvalue weighted by Gasteiger charge is 2.19. The molecule has 5 heteroatoms. The maximum absolute atomic E-state index is 11.1. The molecule has 0 radical (unpaired) electrons. The van der Waals surface area contributed by atoms with Crippen LogP contribution in [0.3, 0.4) is 0 Å². The van der Waals surface area contributed by atoms with Crippen LogP contribution in [-0.2, 0) is 4.79 Å². The maximum Gasteiger partial charge on any atom is 0.346 e. The Bertz CT molecular complexity index is 1500. The van der Waals surface area contributed by atoms with Crippen LogP contribution in [0.2, 0.25) is 0 Å². The molecule has 5 rings (SSSR count). The van der Waals surface area contributed by atoms with E-state index in [-0.39, 0.29) is 11.6 Å². The van der Waals surface area contributed by atoms with Crippen LogP contribution in [0, 0.1) is 11.3 Å². The highest BCUT2D eigenvalue weighted by molar-refractivity contribution is 7.16. The lowest BCUT2D eigenvalue weighted by Crippen LogP contribution is -2.20. The van der Waals surface area contributed by atoms with Crippen molar-refractivity contribution in [3.63, 3.8) is 0 Å². The summed E-state index contributed by atoms with van der Waals surface area (Å²) in [5.41, 5.74) is 6.53. The third-order valence-corrected chi connectivity index (χ3v) is 7.35. The summed E-state index contributed by atoms with van der Waals surface area (Å²) in [6, 6.07) is 35.1. The van der Waals surface area contributed by atoms with E-state index in [4.69, 9.17) is 10.4 Å². The molecule has 1 aliphatic rings. The van der Waals surface area contributed by atoms with E-state index in [9.17, 15) is 4.79 Å². The molecule has 4 aromatic rings. The summed E-state index contributed by atoms with van der Waals surface area (Å²) in [6.07, 6.45) is 6.40. The van der Waals surface area contributed by atoms with Gasteiger partial charge in [-0.05, 0) is 58.5 Å². The molecule has 0 unspecified atom stereocenters. The fourth-order valence-electron chi connectivity index (χ4n) is 4.32. The maximum atomic E-state index is 11.1. The number of hydrogen-bond acceptors (Lipinski definition) is 4. The molecule has 0 amide bonds. The second kappa shape index (κ2) is 10.9. The summed E-state index contributed by atoms with van der Waals surface area (Å²) in [5.74, 6) is -1.20. The molecule has 2 heterocycles. The Kier molecular flexibility index (Phi) is 7.12. The standard InChI is InChI=1S/C32H24N2O2S/c33-21-26(32(35)36)20-27-15-16-29(34-27)31-18-17-30(37-31)25-13-11-22(12-14-25)19-28(23-7-3-1-4-8-23)24-9-5-2-6-10-24/h1-14,16-20,27,34H,15H2,(H,35,36)/b26-20-/t27-/m1/s1. The normalized spacial score (nSPS) is 14.8. The largest absolute Gasteiger partial charge is 0.477 e. The lowest BCUT2D eigenvalue weighted by molar-refractivity contribution is -0.132. The van der Waals surface area contributed by atoms with Gasteiger partial charge in [0.25, 0.3) is 0 Å². The molecular weight excluding hydrogens is 476 g/mol. The van der Waals surface area contributed by atoms with Crippen molar-refractivity contribution in [1.29, 1.82) is 5.26 Å². The lowest BCUT2D eigenvalue weighted by atomic mass is 9.95. The number of rotatable bonds is 7. The van der Waals surface area contributed by atoms with Gasteiger partial charge in [-0.3, -0.25) is 0 Å². The van der Waals surface area contributed by atoms with Crippen molar-refractivity contribution < 1.29 is 9.90 Å². The van der Waals surface area contributed by atoms with Gasteiger partial charge in [-0.25, -0.2) is 4.79 Å². The van der Waals surface area contributed by atoms with Gasteiger partial charge in [0.05, 0.1) is 4.88 Å². The Morgan fingerprint density at radius 1 is 0.892 bits per heavy atom. The Morgan fingerprint density at radius 3 is 2.11 bits per heavy atom. The van der Waals surface area contributed by atoms with Crippen molar-refractivity contribution in [2.45, 2.75) is 12.5 Å². The number of carbonyl (C=O) groups is 1. The number of thiophene rings is 1. The molecule has 0 bridgehead atoms. The van der Waals surface area contributed by atoms with Crippen LogP contribution in [-0.4, -0.2) is 17.1 Å². The summed E-state index contributed by atoms with van der Waals surface area (Å²) in [7, 11) is 0. The van der Waals surface area contributed by atoms with Crippen molar-refractivity contribution in [1.82, 2.24) is 5.32 Å². The molecule has 3 aromatic carbocycles. The van der Waals surface area contributed by atoms with Crippen LogP contribution >= 0.6 is 11.3 Å². The zero-order valence-electron chi connectivity index (χ0n) is 20.0. The van der Waals surface area contributed by atoms with Crippen LogP contribution in [0.1, 0.15) is 28.0 Å². The molecule has 0 saturated carbocycles. The van der Waals surface area contributed by atoms with E-state index < -0.39 is 5.97 Å². The first-order valence-corrected chi connectivity index (χ1v) is 12.8.